The van der Waals surface area contributed by atoms with E-state index < -0.39 is 0 Å². The predicted molar refractivity (Wildman–Crippen MR) is 56.9 cm³/mol. The molecule has 0 radical (unpaired) electrons. The van der Waals surface area contributed by atoms with E-state index in [4.69, 9.17) is 10.2 Å². The standard InChI is InChI=1S/C6H11Br3O2/c7-4(1-2-10)6(9)5(8)3-11/h4-6,10-11H,1-3H2. The lowest BCUT2D eigenvalue weighted by atomic mass is 10.2. The lowest BCUT2D eigenvalue weighted by Crippen LogP contribution is -2.27. The second kappa shape index (κ2) is 6.83. The molecule has 0 amide bonds. The molecule has 0 aromatic rings. The molecule has 0 saturated carbocycles. The van der Waals surface area contributed by atoms with Crippen LogP contribution in [0.25, 0.3) is 0 Å². The molecule has 3 unspecified atom stereocenters. The summed E-state index contributed by atoms with van der Waals surface area (Å²) in [6.07, 6.45) is 0.679. The first-order chi connectivity index (χ1) is 5.13. The van der Waals surface area contributed by atoms with Gasteiger partial charge in [-0.2, -0.15) is 0 Å². The van der Waals surface area contributed by atoms with Crippen molar-refractivity contribution < 1.29 is 10.2 Å². The van der Waals surface area contributed by atoms with Crippen molar-refractivity contribution in [2.75, 3.05) is 13.2 Å². The summed E-state index contributed by atoms with van der Waals surface area (Å²) in [5, 5.41) is 17.4. The largest absolute Gasteiger partial charge is 0.396 e. The Hall–Kier alpha value is 1.36. The van der Waals surface area contributed by atoms with Gasteiger partial charge in [-0.3, -0.25) is 0 Å². The fourth-order valence-electron chi connectivity index (χ4n) is 0.610. The molecule has 2 nitrogen and oxygen atoms in total. The number of rotatable bonds is 5. The average Bonchev–Trinajstić information content (AvgIpc) is 2.02. The lowest BCUT2D eigenvalue weighted by Gasteiger charge is -2.19. The Morgan fingerprint density at radius 3 is 1.91 bits per heavy atom. The zero-order valence-electron chi connectivity index (χ0n) is 5.88. The third kappa shape index (κ3) is 4.83. The summed E-state index contributed by atoms with van der Waals surface area (Å²) in [5.41, 5.74) is 0. The monoisotopic (exact) mass is 352 g/mol. The quantitative estimate of drug-likeness (QED) is 0.737. The molecule has 11 heavy (non-hydrogen) atoms. The van der Waals surface area contributed by atoms with E-state index in [2.05, 4.69) is 47.8 Å². The van der Waals surface area contributed by atoms with E-state index in [1.54, 1.807) is 0 Å². The number of alkyl halides is 3. The van der Waals surface area contributed by atoms with Crippen molar-refractivity contribution in [1.29, 1.82) is 0 Å². The molecular weight excluding hydrogens is 344 g/mol. The highest BCUT2D eigenvalue weighted by Gasteiger charge is 2.22. The smallest absolute Gasteiger partial charge is 0.0567 e. The van der Waals surface area contributed by atoms with Crippen LogP contribution < -0.4 is 0 Å². The van der Waals surface area contributed by atoms with Crippen LogP contribution in [0.15, 0.2) is 0 Å². The Kier molecular flexibility index (Phi) is 7.68. The van der Waals surface area contributed by atoms with Gasteiger partial charge in [-0.25, -0.2) is 0 Å². The zero-order valence-corrected chi connectivity index (χ0v) is 10.6. The third-order valence-electron chi connectivity index (χ3n) is 1.27. The van der Waals surface area contributed by atoms with Crippen molar-refractivity contribution in [1.82, 2.24) is 0 Å². The first-order valence-corrected chi connectivity index (χ1v) is 6.02. The molecule has 0 aromatic heterocycles. The maximum atomic E-state index is 8.76. The van der Waals surface area contributed by atoms with Crippen molar-refractivity contribution in [2.24, 2.45) is 0 Å². The van der Waals surface area contributed by atoms with Crippen LogP contribution in [0.2, 0.25) is 0 Å². The van der Waals surface area contributed by atoms with Crippen LogP contribution in [-0.4, -0.2) is 37.9 Å². The Morgan fingerprint density at radius 1 is 1.00 bits per heavy atom. The first-order valence-electron chi connectivity index (χ1n) is 3.27. The second-order valence-corrected chi connectivity index (χ2v) is 5.58. The molecule has 0 aliphatic rings. The first kappa shape index (κ1) is 12.4. The summed E-state index contributed by atoms with van der Waals surface area (Å²) in [6.45, 7) is 0.243. The Labute approximate surface area is 91.8 Å². The summed E-state index contributed by atoms with van der Waals surface area (Å²) >= 11 is 10.1. The Bertz CT molecular complexity index is 102. The fourth-order valence-corrected chi connectivity index (χ4v) is 2.39. The normalized spacial score (nSPS) is 19.4. The molecule has 68 valence electrons. The maximum absolute atomic E-state index is 8.76. The minimum atomic E-state index is 0.0263. The summed E-state index contributed by atoms with van der Waals surface area (Å²) in [5.74, 6) is 0. The molecule has 0 saturated heterocycles. The van der Waals surface area contributed by atoms with Gasteiger partial charge >= 0.3 is 0 Å². The van der Waals surface area contributed by atoms with Crippen molar-refractivity contribution in [3.63, 3.8) is 0 Å². The van der Waals surface area contributed by atoms with Gasteiger partial charge in [-0.15, -0.1) is 0 Å². The van der Waals surface area contributed by atoms with Crippen molar-refractivity contribution in [3.05, 3.63) is 0 Å². The predicted octanol–water partition coefficient (Wildman–Crippen LogP) is 1.65. The fraction of sp³-hybridized carbons (Fsp3) is 1.00. The zero-order chi connectivity index (χ0) is 8.85. The highest BCUT2D eigenvalue weighted by atomic mass is 79.9. The van der Waals surface area contributed by atoms with Crippen LogP contribution in [0.4, 0.5) is 0 Å². The van der Waals surface area contributed by atoms with Crippen LogP contribution in [0.3, 0.4) is 0 Å². The van der Waals surface area contributed by atoms with E-state index in [1.165, 1.54) is 0 Å². The SMILES string of the molecule is OCCC(Br)C(Br)C(Br)CO. The van der Waals surface area contributed by atoms with Gasteiger partial charge in [0.25, 0.3) is 0 Å². The van der Waals surface area contributed by atoms with Crippen LogP contribution >= 0.6 is 47.8 Å². The lowest BCUT2D eigenvalue weighted by molar-refractivity contribution is 0.276. The van der Waals surface area contributed by atoms with Crippen LogP contribution in [0.1, 0.15) is 6.42 Å². The van der Waals surface area contributed by atoms with E-state index in [1.807, 2.05) is 0 Å². The molecular formula is C6H11Br3O2. The summed E-state index contributed by atoms with van der Waals surface area (Å²) in [4.78, 5) is 0.349. The van der Waals surface area contributed by atoms with E-state index in [9.17, 15) is 0 Å². The van der Waals surface area contributed by atoms with E-state index in [0.717, 1.165) is 0 Å². The summed E-state index contributed by atoms with van der Waals surface area (Å²) in [7, 11) is 0. The van der Waals surface area contributed by atoms with Gasteiger partial charge in [-0.05, 0) is 6.42 Å². The minimum absolute atomic E-state index is 0.0263. The van der Waals surface area contributed by atoms with Gasteiger partial charge in [0.2, 0.25) is 0 Å². The number of aliphatic hydroxyl groups is 2. The molecule has 0 aromatic carbocycles. The minimum Gasteiger partial charge on any atom is -0.396 e. The molecule has 2 N–H and O–H groups in total. The molecule has 0 heterocycles. The van der Waals surface area contributed by atoms with E-state index in [0.29, 0.717) is 6.42 Å². The molecule has 0 spiro atoms. The third-order valence-corrected chi connectivity index (χ3v) is 5.85. The molecule has 0 fully saturated rings. The number of halogens is 3. The molecule has 0 aliphatic carbocycles. The van der Waals surface area contributed by atoms with Gasteiger partial charge in [-0.1, -0.05) is 47.8 Å². The molecule has 0 aliphatic heterocycles. The van der Waals surface area contributed by atoms with Crippen LogP contribution in [0, 0.1) is 0 Å². The van der Waals surface area contributed by atoms with Crippen LogP contribution in [-0.2, 0) is 0 Å². The number of aliphatic hydroxyl groups excluding tert-OH is 2. The highest BCUT2D eigenvalue weighted by Crippen LogP contribution is 2.24. The van der Waals surface area contributed by atoms with Gasteiger partial charge in [0, 0.05) is 16.3 Å². The highest BCUT2D eigenvalue weighted by molar-refractivity contribution is 9.13. The second-order valence-electron chi connectivity index (χ2n) is 2.17. The molecule has 0 bridgehead atoms. The van der Waals surface area contributed by atoms with Crippen molar-refractivity contribution in [2.45, 2.75) is 20.9 Å². The number of hydrogen-bond donors (Lipinski definition) is 2. The Morgan fingerprint density at radius 2 is 1.55 bits per heavy atom. The van der Waals surface area contributed by atoms with Crippen molar-refractivity contribution >= 4 is 47.8 Å². The number of hydrogen-bond acceptors (Lipinski definition) is 2. The average molecular weight is 355 g/mol. The van der Waals surface area contributed by atoms with Crippen LogP contribution in [0.5, 0.6) is 0 Å². The van der Waals surface area contributed by atoms with E-state index >= 15 is 0 Å². The van der Waals surface area contributed by atoms with Gasteiger partial charge in [0.05, 0.1) is 11.4 Å². The molecule has 0 rings (SSSR count). The van der Waals surface area contributed by atoms with Gasteiger partial charge < -0.3 is 10.2 Å². The summed E-state index contributed by atoms with van der Waals surface area (Å²) < 4.78 is 0. The topological polar surface area (TPSA) is 40.5 Å². The maximum Gasteiger partial charge on any atom is 0.0567 e. The van der Waals surface area contributed by atoms with Gasteiger partial charge in [0.1, 0.15) is 0 Å². The van der Waals surface area contributed by atoms with Crippen molar-refractivity contribution in [3.8, 4) is 0 Å². The van der Waals surface area contributed by atoms with E-state index in [-0.39, 0.29) is 27.7 Å². The van der Waals surface area contributed by atoms with Gasteiger partial charge in [0.15, 0.2) is 0 Å². The molecule has 5 heteroatoms. The Balaban J connectivity index is 3.70. The summed E-state index contributed by atoms with van der Waals surface area (Å²) in [6, 6.07) is 0. The molecule has 3 atom stereocenters.